The Hall–Kier alpha value is -0.430. The van der Waals surface area contributed by atoms with E-state index in [0.717, 1.165) is 5.56 Å². The normalized spacial score (nSPS) is 13.2. The van der Waals surface area contributed by atoms with Crippen molar-refractivity contribution in [1.82, 2.24) is 10.0 Å². The first kappa shape index (κ1) is 16.6. The minimum atomic E-state index is -3.37. The van der Waals surface area contributed by atoms with Crippen molar-refractivity contribution in [1.29, 1.82) is 0 Å². The highest BCUT2D eigenvalue weighted by molar-refractivity contribution is 7.91. The molecule has 0 atom stereocenters. The first-order chi connectivity index (χ1) is 8.60. The Labute approximate surface area is 120 Å². The summed E-state index contributed by atoms with van der Waals surface area (Å²) < 4.78 is 27.3. The van der Waals surface area contributed by atoms with Crippen LogP contribution >= 0.6 is 11.3 Å². The van der Waals surface area contributed by atoms with E-state index >= 15 is 0 Å². The topological polar surface area (TPSA) is 58.2 Å². The van der Waals surface area contributed by atoms with Crippen molar-refractivity contribution >= 4 is 21.4 Å². The van der Waals surface area contributed by atoms with Gasteiger partial charge in [-0.1, -0.05) is 34.6 Å². The molecule has 0 aliphatic heterocycles. The average molecular weight is 304 g/mol. The Morgan fingerprint density at radius 2 is 1.95 bits per heavy atom. The molecular formula is C13H24N2O2S2. The van der Waals surface area contributed by atoms with Gasteiger partial charge < -0.3 is 5.32 Å². The number of sulfonamides is 1. The molecule has 2 N–H and O–H groups in total. The van der Waals surface area contributed by atoms with E-state index in [1.54, 1.807) is 6.07 Å². The first-order valence-corrected chi connectivity index (χ1v) is 8.77. The van der Waals surface area contributed by atoms with Crippen LogP contribution in [-0.2, 0) is 16.6 Å². The molecule has 1 heterocycles. The van der Waals surface area contributed by atoms with Crippen LogP contribution in [0.15, 0.2) is 15.7 Å². The van der Waals surface area contributed by atoms with Gasteiger partial charge >= 0.3 is 0 Å². The van der Waals surface area contributed by atoms with Crippen molar-refractivity contribution in [2.45, 2.75) is 51.4 Å². The number of hydrogen-bond donors (Lipinski definition) is 2. The lowest BCUT2D eigenvalue weighted by Crippen LogP contribution is -2.31. The molecule has 19 heavy (non-hydrogen) atoms. The van der Waals surface area contributed by atoms with Crippen molar-refractivity contribution in [3.63, 3.8) is 0 Å². The van der Waals surface area contributed by atoms with E-state index in [1.807, 2.05) is 26.2 Å². The fourth-order valence-electron chi connectivity index (χ4n) is 1.29. The van der Waals surface area contributed by atoms with Gasteiger partial charge in [-0.2, -0.15) is 0 Å². The predicted octanol–water partition coefficient (Wildman–Crippen LogP) is 2.57. The Morgan fingerprint density at radius 1 is 1.32 bits per heavy atom. The van der Waals surface area contributed by atoms with Gasteiger partial charge in [-0.3, -0.25) is 0 Å². The van der Waals surface area contributed by atoms with Gasteiger partial charge in [-0.15, -0.1) is 11.3 Å². The molecule has 0 unspecified atom stereocenters. The SMILES string of the molecule is CC(C)NCc1csc(S(=O)(=O)NCC(C)(C)C)c1. The zero-order valence-corrected chi connectivity index (χ0v) is 13.9. The zero-order valence-electron chi connectivity index (χ0n) is 12.3. The smallest absolute Gasteiger partial charge is 0.250 e. The van der Waals surface area contributed by atoms with Gasteiger partial charge in [-0.25, -0.2) is 13.1 Å². The lowest BCUT2D eigenvalue weighted by atomic mass is 9.98. The summed E-state index contributed by atoms with van der Waals surface area (Å²) in [4.78, 5) is 0. The van der Waals surface area contributed by atoms with Gasteiger partial charge in [0, 0.05) is 19.1 Å². The highest BCUT2D eigenvalue weighted by Gasteiger charge is 2.20. The van der Waals surface area contributed by atoms with Crippen LogP contribution in [0.2, 0.25) is 0 Å². The van der Waals surface area contributed by atoms with E-state index < -0.39 is 10.0 Å². The van der Waals surface area contributed by atoms with Crippen molar-refractivity contribution in [2.24, 2.45) is 5.41 Å². The van der Waals surface area contributed by atoms with E-state index in [0.29, 0.717) is 23.3 Å². The lowest BCUT2D eigenvalue weighted by Gasteiger charge is -2.18. The molecule has 110 valence electrons. The summed E-state index contributed by atoms with van der Waals surface area (Å²) in [6.45, 7) is 11.3. The summed E-state index contributed by atoms with van der Waals surface area (Å²) in [5, 5.41) is 5.16. The molecule has 1 rings (SSSR count). The van der Waals surface area contributed by atoms with Crippen molar-refractivity contribution < 1.29 is 8.42 Å². The maximum Gasteiger partial charge on any atom is 0.250 e. The summed E-state index contributed by atoms with van der Waals surface area (Å²) >= 11 is 1.27. The predicted molar refractivity (Wildman–Crippen MR) is 80.9 cm³/mol. The van der Waals surface area contributed by atoms with Gasteiger partial charge in [-0.05, 0) is 22.4 Å². The fraction of sp³-hybridized carbons (Fsp3) is 0.692. The fourth-order valence-corrected chi connectivity index (χ4v) is 3.83. The van der Waals surface area contributed by atoms with Crippen LogP contribution in [0.1, 0.15) is 40.2 Å². The third kappa shape index (κ3) is 6.03. The Morgan fingerprint density at radius 3 is 2.47 bits per heavy atom. The molecule has 0 saturated heterocycles. The van der Waals surface area contributed by atoms with E-state index in [2.05, 4.69) is 23.9 Å². The second-order valence-electron chi connectivity index (χ2n) is 6.19. The van der Waals surface area contributed by atoms with Crippen LogP contribution in [0.5, 0.6) is 0 Å². The number of nitrogens with one attached hydrogen (secondary N) is 2. The number of rotatable bonds is 6. The molecule has 1 aromatic rings. The lowest BCUT2D eigenvalue weighted by molar-refractivity contribution is 0.408. The van der Waals surface area contributed by atoms with Crippen molar-refractivity contribution in [2.75, 3.05) is 6.54 Å². The highest BCUT2D eigenvalue weighted by atomic mass is 32.2. The summed E-state index contributed by atoms with van der Waals surface area (Å²) in [5.74, 6) is 0. The van der Waals surface area contributed by atoms with E-state index in [-0.39, 0.29) is 5.41 Å². The Bertz CT molecular complexity index is 499. The van der Waals surface area contributed by atoms with Crippen molar-refractivity contribution in [3.8, 4) is 0 Å². The molecule has 0 aliphatic carbocycles. The van der Waals surface area contributed by atoms with Gasteiger partial charge in [0.15, 0.2) is 0 Å². The molecule has 0 fully saturated rings. The minimum absolute atomic E-state index is 0.0631. The second kappa shape index (κ2) is 6.35. The van der Waals surface area contributed by atoms with E-state index in [1.165, 1.54) is 11.3 Å². The molecule has 0 radical (unpaired) electrons. The van der Waals surface area contributed by atoms with Crippen LogP contribution in [0.25, 0.3) is 0 Å². The summed E-state index contributed by atoms with van der Waals surface area (Å²) in [7, 11) is -3.37. The maximum absolute atomic E-state index is 12.1. The monoisotopic (exact) mass is 304 g/mol. The average Bonchev–Trinajstić information content (AvgIpc) is 2.72. The molecule has 0 saturated carbocycles. The van der Waals surface area contributed by atoms with Crippen LogP contribution in [0, 0.1) is 5.41 Å². The molecule has 0 aromatic carbocycles. The number of thiophene rings is 1. The molecule has 1 aromatic heterocycles. The zero-order chi connectivity index (χ0) is 14.7. The van der Waals surface area contributed by atoms with Gasteiger partial charge in [0.1, 0.15) is 4.21 Å². The van der Waals surface area contributed by atoms with Gasteiger partial charge in [0.25, 0.3) is 0 Å². The van der Waals surface area contributed by atoms with Crippen LogP contribution < -0.4 is 10.0 Å². The third-order valence-corrected chi connectivity index (χ3v) is 5.29. The standard InChI is InChI=1S/C13H24N2O2S2/c1-10(2)14-7-11-6-12(18-8-11)19(16,17)15-9-13(3,4)5/h6,8,10,14-15H,7,9H2,1-5H3. The minimum Gasteiger partial charge on any atom is -0.310 e. The largest absolute Gasteiger partial charge is 0.310 e. The molecular weight excluding hydrogens is 280 g/mol. The molecule has 0 bridgehead atoms. The Kier molecular flexibility index (Phi) is 5.55. The quantitative estimate of drug-likeness (QED) is 0.849. The summed E-state index contributed by atoms with van der Waals surface area (Å²) in [6, 6.07) is 2.13. The summed E-state index contributed by atoms with van der Waals surface area (Å²) in [5.41, 5.74) is 0.946. The van der Waals surface area contributed by atoms with Crippen LogP contribution in [0.3, 0.4) is 0 Å². The number of hydrogen-bond acceptors (Lipinski definition) is 4. The molecule has 4 nitrogen and oxygen atoms in total. The first-order valence-electron chi connectivity index (χ1n) is 6.41. The molecule has 0 spiro atoms. The molecule has 0 amide bonds. The van der Waals surface area contributed by atoms with E-state index in [9.17, 15) is 8.42 Å². The molecule has 6 heteroatoms. The van der Waals surface area contributed by atoms with Crippen molar-refractivity contribution in [3.05, 3.63) is 17.0 Å². The van der Waals surface area contributed by atoms with Crippen LogP contribution in [0.4, 0.5) is 0 Å². The van der Waals surface area contributed by atoms with Gasteiger partial charge in [0.2, 0.25) is 10.0 Å². The third-order valence-electron chi connectivity index (χ3n) is 2.40. The molecule has 0 aliphatic rings. The van der Waals surface area contributed by atoms with Gasteiger partial charge in [0.05, 0.1) is 0 Å². The highest BCUT2D eigenvalue weighted by Crippen LogP contribution is 2.21. The maximum atomic E-state index is 12.1. The van der Waals surface area contributed by atoms with E-state index in [4.69, 9.17) is 0 Å². The van der Waals surface area contributed by atoms with Crippen LogP contribution in [-0.4, -0.2) is 21.0 Å². The second-order valence-corrected chi connectivity index (χ2v) is 9.10. The Balaban J connectivity index is 2.69. The summed E-state index contributed by atoms with van der Waals surface area (Å²) in [6.07, 6.45) is 0.